The van der Waals surface area contributed by atoms with Crippen molar-refractivity contribution < 1.29 is 27.4 Å². The van der Waals surface area contributed by atoms with Crippen LogP contribution < -0.4 is 14.2 Å². The SMILES string of the molecule is CC(Oc1ccc2c(c1)OCO2)C(=O)N1CCC(c2ccccc2Cl)S(=O)(=O)CC1. The number of sulfone groups is 1. The number of ether oxygens (including phenoxy) is 3. The molecule has 2 aliphatic rings. The summed E-state index contributed by atoms with van der Waals surface area (Å²) in [7, 11) is -3.44. The fourth-order valence-corrected chi connectivity index (χ4v) is 5.86. The van der Waals surface area contributed by atoms with Crippen molar-refractivity contribution in [3.05, 3.63) is 53.1 Å². The van der Waals surface area contributed by atoms with Crippen molar-refractivity contribution in [2.24, 2.45) is 0 Å². The second kappa shape index (κ2) is 8.35. The second-order valence-electron chi connectivity index (χ2n) is 7.27. The molecule has 1 saturated heterocycles. The fourth-order valence-electron chi connectivity index (χ4n) is 3.71. The van der Waals surface area contributed by atoms with E-state index in [0.29, 0.717) is 34.4 Å². The number of fused-ring (bicyclic) bond motifs is 1. The van der Waals surface area contributed by atoms with Gasteiger partial charge in [-0.15, -0.1) is 0 Å². The maximum Gasteiger partial charge on any atom is 0.263 e. The van der Waals surface area contributed by atoms with Crippen molar-refractivity contribution in [2.75, 3.05) is 25.6 Å². The molecule has 4 rings (SSSR count). The van der Waals surface area contributed by atoms with E-state index in [1.165, 1.54) is 0 Å². The van der Waals surface area contributed by atoms with E-state index in [2.05, 4.69) is 0 Å². The average molecular weight is 452 g/mol. The van der Waals surface area contributed by atoms with E-state index in [0.717, 1.165) is 0 Å². The molecule has 7 nitrogen and oxygen atoms in total. The van der Waals surface area contributed by atoms with E-state index in [-0.39, 0.29) is 31.4 Å². The summed E-state index contributed by atoms with van der Waals surface area (Å²) in [6.45, 7) is 2.24. The number of rotatable bonds is 4. The smallest absolute Gasteiger partial charge is 0.263 e. The van der Waals surface area contributed by atoms with Crippen LogP contribution in [0.25, 0.3) is 0 Å². The maximum absolute atomic E-state index is 12.9. The van der Waals surface area contributed by atoms with Crippen LogP contribution in [0.5, 0.6) is 17.2 Å². The van der Waals surface area contributed by atoms with E-state index in [1.54, 1.807) is 54.3 Å². The minimum absolute atomic E-state index is 0.120. The lowest BCUT2D eigenvalue weighted by atomic mass is 10.1. The normalized spacial score (nSPS) is 21.0. The van der Waals surface area contributed by atoms with Crippen LogP contribution in [0.2, 0.25) is 5.02 Å². The van der Waals surface area contributed by atoms with Gasteiger partial charge in [0.1, 0.15) is 5.75 Å². The average Bonchev–Trinajstić information content (AvgIpc) is 3.12. The highest BCUT2D eigenvalue weighted by Gasteiger charge is 2.35. The highest BCUT2D eigenvalue weighted by Crippen LogP contribution is 2.36. The third-order valence-electron chi connectivity index (χ3n) is 5.31. The van der Waals surface area contributed by atoms with Crippen molar-refractivity contribution in [3.63, 3.8) is 0 Å². The van der Waals surface area contributed by atoms with Crippen molar-refractivity contribution >= 4 is 27.3 Å². The molecule has 0 saturated carbocycles. The molecular formula is C21H22ClNO6S. The molecule has 0 aromatic heterocycles. The lowest BCUT2D eigenvalue weighted by Crippen LogP contribution is -2.42. The summed E-state index contributed by atoms with van der Waals surface area (Å²) in [5.74, 6) is 1.30. The minimum Gasteiger partial charge on any atom is -0.481 e. The highest BCUT2D eigenvalue weighted by atomic mass is 35.5. The molecule has 2 atom stereocenters. The Morgan fingerprint density at radius 2 is 1.93 bits per heavy atom. The number of hydrogen-bond acceptors (Lipinski definition) is 6. The van der Waals surface area contributed by atoms with Crippen LogP contribution in [0, 0.1) is 0 Å². The number of nitrogens with zero attached hydrogens (tertiary/aromatic N) is 1. The largest absolute Gasteiger partial charge is 0.481 e. The molecule has 160 valence electrons. The molecule has 2 unspecified atom stereocenters. The molecule has 9 heteroatoms. The summed E-state index contributed by atoms with van der Waals surface area (Å²) < 4.78 is 42.1. The first-order valence-electron chi connectivity index (χ1n) is 9.66. The van der Waals surface area contributed by atoms with Gasteiger partial charge in [-0.05, 0) is 37.1 Å². The maximum atomic E-state index is 12.9. The molecule has 2 aromatic carbocycles. The Morgan fingerprint density at radius 1 is 1.17 bits per heavy atom. The summed E-state index contributed by atoms with van der Waals surface area (Å²) in [5, 5.41) is -0.306. The van der Waals surface area contributed by atoms with Crippen LogP contribution in [0.1, 0.15) is 24.2 Å². The lowest BCUT2D eigenvalue weighted by molar-refractivity contribution is -0.137. The van der Waals surface area contributed by atoms with E-state index in [4.69, 9.17) is 25.8 Å². The van der Waals surface area contributed by atoms with Gasteiger partial charge in [-0.1, -0.05) is 29.8 Å². The van der Waals surface area contributed by atoms with Gasteiger partial charge < -0.3 is 19.1 Å². The summed E-state index contributed by atoms with van der Waals surface area (Å²) >= 11 is 6.23. The zero-order chi connectivity index (χ0) is 21.3. The molecule has 30 heavy (non-hydrogen) atoms. The molecule has 0 radical (unpaired) electrons. The first-order valence-corrected chi connectivity index (χ1v) is 11.8. The molecule has 0 bridgehead atoms. The van der Waals surface area contributed by atoms with Crippen molar-refractivity contribution in [1.29, 1.82) is 0 Å². The molecule has 2 aromatic rings. The molecule has 0 N–H and O–H groups in total. The van der Waals surface area contributed by atoms with Gasteiger partial charge in [-0.25, -0.2) is 8.42 Å². The summed E-state index contributed by atoms with van der Waals surface area (Å²) in [6, 6.07) is 12.0. The molecule has 0 spiro atoms. The Kier molecular flexibility index (Phi) is 5.79. The lowest BCUT2D eigenvalue weighted by Gasteiger charge is -2.24. The zero-order valence-corrected chi connectivity index (χ0v) is 18.0. The molecule has 1 amide bonds. The minimum atomic E-state index is -3.44. The van der Waals surface area contributed by atoms with E-state index < -0.39 is 21.2 Å². The van der Waals surface area contributed by atoms with Crippen molar-refractivity contribution in [2.45, 2.75) is 24.7 Å². The Hall–Kier alpha value is -2.45. The van der Waals surface area contributed by atoms with Gasteiger partial charge in [0, 0.05) is 24.2 Å². The molecule has 2 aliphatic heterocycles. The van der Waals surface area contributed by atoms with Gasteiger partial charge in [0.05, 0.1) is 11.0 Å². The molecule has 2 heterocycles. The molecule has 0 aliphatic carbocycles. The van der Waals surface area contributed by atoms with E-state index in [9.17, 15) is 13.2 Å². The van der Waals surface area contributed by atoms with Gasteiger partial charge in [-0.2, -0.15) is 0 Å². The monoisotopic (exact) mass is 451 g/mol. The summed E-state index contributed by atoms with van der Waals surface area (Å²) in [4.78, 5) is 14.5. The third kappa shape index (κ3) is 4.20. The number of carbonyl (C=O) groups is 1. The predicted molar refractivity (Wildman–Crippen MR) is 112 cm³/mol. The van der Waals surface area contributed by atoms with Crippen LogP contribution in [0.15, 0.2) is 42.5 Å². The van der Waals surface area contributed by atoms with Crippen LogP contribution in [0.3, 0.4) is 0 Å². The van der Waals surface area contributed by atoms with Crippen LogP contribution in [-0.4, -0.2) is 51.0 Å². The molecule has 1 fully saturated rings. The van der Waals surface area contributed by atoms with Gasteiger partial charge in [-0.3, -0.25) is 4.79 Å². The van der Waals surface area contributed by atoms with Crippen molar-refractivity contribution in [1.82, 2.24) is 4.90 Å². The fraction of sp³-hybridized carbons (Fsp3) is 0.381. The Morgan fingerprint density at radius 3 is 2.73 bits per heavy atom. The number of amides is 1. The number of halogens is 1. The topological polar surface area (TPSA) is 82.1 Å². The number of benzene rings is 2. The van der Waals surface area contributed by atoms with Gasteiger partial charge in [0.25, 0.3) is 5.91 Å². The van der Waals surface area contributed by atoms with Gasteiger partial charge in [0.15, 0.2) is 27.4 Å². The van der Waals surface area contributed by atoms with Crippen LogP contribution in [-0.2, 0) is 14.6 Å². The quantitative estimate of drug-likeness (QED) is 0.709. The first-order chi connectivity index (χ1) is 14.3. The predicted octanol–water partition coefficient (Wildman–Crippen LogP) is 3.22. The van der Waals surface area contributed by atoms with Crippen molar-refractivity contribution in [3.8, 4) is 17.2 Å². The van der Waals surface area contributed by atoms with E-state index >= 15 is 0 Å². The third-order valence-corrected chi connectivity index (χ3v) is 7.76. The Labute approximate surface area is 180 Å². The zero-order valence-electron chi connectivity index (χ0n) is 16.4. The van der Waals surface area contributed by atoms with Crippen LogP contribution >= 0.6 is 11.6 Å². The van der Waals surface area contributed by atoms with Gasteiger partial charge in [0.2, 0.25) is 6.79 Å². The Balaban J connectivity index is 1.45. The first kappa shape index (κ1) is 20.8. The van der Waals surface area contributed by atoms with E-state index in [1.807, 2.05) is 0 Å². The Bertz CT molecular complexity index is 1060. The summed E-state index contributed by atoms with van der Waals surface area (Å²) in [6.07, 6.45) is -0.487. The number of carbonyl (C=O) groups excluding carboxylic acids is 1. The molecular weight excluding hydrogens is 430 g/mol. The second-order valence-corrected chi connectivity index (χ2v) is 9.98. The number of hydrogen-bond donors (Lipinski definition) is 0. The summed E-state index contributed by atoms with van der Waals surface area (Å²) in [5.41, 5.74) is 0.582. The van der Waals surface area contributed by atoms with Gasteiger partial charge >= 0.3 is 0 Å². The highest BCUT2D eigenvalue weighted by molar-refractivity contribution is 7.91. The standard InChI is InChI=1S/C21H22ClNO6S/c1-14(29-15-6-7-18-19(12-15)28-13-27-18)21(24)23-9-8-20(30(25,26)11-10-23)16-4-2-3-5-17(16)22/h2-7,12,14,20H,8-11,13H2,1H3. The van der Waals surface area contributed by atoms with Crippen LogP contribution in [0.4, 0.5) is 0 Å².